The van der Waals surface area contributed by atoms with Crippen LogP contribution in [-0.4, -0.2) is 14.3 Å². The Morgan fingerprint density at radius 1 is 1.25 bits per heavy atom. The molecule has 0 spiro atoms. The lowest BCUT2D eigenvalue weighted by atomic mass is 9.88. The fourth-order valence-electron chi connectivity index (χ4n) is 2.42. The molecule has 0 unspecified atom stereocenters. The third-order valence-electron chi connectivity index (χ3n) is 3.48. The van der Waals surface area contributed by atoms with Crippen LogP contribution < -0.4 is 10.5 Å². The van der Waals surface area contributed by atoms with Gasteiger partial charge in [-0.3, -0.25) is 4.79 Å². The molecule has 1 aliphatic carbocycles. The number of carbonyl (C=O) groups is 1. The van der Waals surface area contributed by atoms with E-state index >= 15 is 0 Å². The molecule has 1 aliphatic rings. The van der Waals surface area contributed by atoms with Gasteiger partial charge in [0.05, 0.1) is 0 Å². The molecule has 0 saturated heterocycles. The van der Waals surface area contributed by atoms with E-state index < -0.39 is 20.7 Å². The van der Waals surface area contributed by atoms with Crippen LogP contribution in [0.2, 0.25) is 0 Å². The minimum atomic E-state index is -4.09. The molecule has 20 heavy (non-hydrogen) atoms. The van der Waals surface area contributed by atoms with E-state index in [2.05, 4.69) is 5.32 Å². The van der Waals surface area contributed by atoms with E-state index in [0.717, 1.165) is 44.2 Å². The lowest BCUT2D eigenvalue weighted by Crippen LogP contribution is -2.24. The zero-order valence-corrected chi connectivity index (χ0v) is 11.7. The van der Waals surface area contributed by atoms with Crippen LogP contribution in [0.4, 0.5) is 10.1 Å². The van der Waals surface area contributed by atoms with Crippen molar-refractivity contribution in [3.63, 3.8) is 0 Å². The van der Waals surface area contributed by atoms with E-state index in [0.29, 0.717) is 0 Å². The van der Waals surface area contributed by atoms with Gasteiger partial charge in [0.1, 0.15) is 10.7 Å². The monoisotopic (exact) mass is 300 g/mol. The largest absolute Gasteiger partial charge is 0.326 e. The molecule has 1 aromatic rings. The van der Waals surface area contributed by atoms with Crippen molar-refractivity contribution in [2.45, 2.75) is 37.0 Å². The molecule has 0 heterocycles. The van der Waals surface area contributed by atoms with Crippen LogP contribution >= 0.6 is 0 Å². The maximum atomic E-state index is 13.6. The molecule has 0 atom stereocenters. The molecule has 5 nitrogen and oxygen atoms in total. The van der Waals surface area contributed by atoms with Gasteiger partial charge in [-0.2, -0.15) is 0 Å². The van der Waals surface area contributed by atoms with E-state index in [4.69, 9.17) is 5.14 Å². The fourth-order valence-corrected chi connectivity index (χ4v) is 3.01. The molecule has 0 aromatic heterocycles. The molecule has 0 bridgehead atoms. The summed E-state index contributed by atoms with van der Waals surface area (Å²) in [4.78, 5) is 11.4. The van der Waals surface area contributed by atoms with Crippen molar-refractivity contribution in [2.24, 2.45) is 11.1 Å². The summed E-state index contributed by atoms with van der Waals surface area (Å²) in [7, 11) is -4.09. The van der Waals surface area contributed by atoms with E-state index in [1.165, 1.54) is 6.07 Å². The average Bonchev–Trinajstić information content (AvgIpc) is 2.38. The number of sulfonamides is 1. The Morgan fingerprint density at radius 2 is 1.90 bits per heavy atom. The molecule has 0 radical (unpaired) electrons. The van der Waals surface area contributed by atoms with Crippen LogP contribution in [0.15, 0.2) is 23.1 Å². The summed E-state index contributed by atoms with van der Waals surface area (Å²) in [6, 6.07) is 3.37. The second-order valence-electron chi connectivity index (χ2n) is 5.01. The van der Waals surface area contributed by atoms with Gasteiger partial charge < -0.3 is 5.32 Å². The van der Waals surface area contributed by atoms with Crippen molar-refractivity contribution in [1.82, 2.24) is 0 Å². The normalized spacial score (nSPS) is 16.9. The molecule has 0 aliphatic heterocycles. The number of carbonyl (C=O) groups excluding carboxylic acids is 1. The van der Waals surface area contributed by atoms with Crippen LogP contribution in [0.25, 0.3) is 0 Å². The van der Waals surface area contributed by atoms with Gasteiger partial charge in [0.2, 0.25) is 15.9 Å². The third-order valence-corrected chi connectivity index (χ3v) is 4.43. The first-order chi connectivity index (χ1) is 9.38. The zero-order valence-electron chi connectivity index (χ0n) is 10.9. The Morgan fingerprint density at radius 3 is 2.45 bits per heavy atom. The van der Waals surface area contributed by atoms with E-state index in [-0.39, 0.29) is 17.5 Å². The van der Waals surface area contributed by atoms with E-state index in [1.807, 2.05) is 0 Å². The number of nitrogens with one attached hydrogen (secondary N) is 1. The Kier molecular flexibility index (Phi) is 4.39. The second kappa shape index (κ2) is 5.88. The van der Waals surface area contributed by atoms with Crippen LogP contribution in [0.5, 0.6) is 0 Å². The highest BCUT2D eigenvalue weighted by Crippen LogP contribution is 2.25. The number of benzene rings is 1. The molecule has 1 fully saturated rings. The van der Waals surface area contributed by atoms with Crippen molar-refractivity contribution < 1.29 is 17.6 Å². The first kappa shape index (κ1) is 14.9. The summed E-state index contributed by atoms with van der Waals surface area (Å²) in [5.41, 5.74) is 0.241. The van der Waals surface area contributed by atoms with Gasteiger partial charge >= 0.3 is 0 Å². The van der Waals surface area contributed by atoms with Gasteiger partial charge in [0.15, 0.2) is 0 Å². The highest BCUT2D eigenvalue weighted by molar-refractivity contribution is 7.89. The van der Waals surface area contributed by atoms with Crippen molar-refractivity contribution in [1.29, 1.82) is 0 Å². The highest BCUT2D eigenvalue weighted by Gasteiger charge is 2.22. The minimum Gasteiger partial charge on any atom is -0.326 e. The summed E-state index contributed by atoms with van der Waals surface area (Å²) in [5.74, 6) is -1.16. The van der Waals surface area contributed by atoms with Gasteiger partial charge in [-0.25, -0.2) is 17.9 Å². The molecule has 110 valence electrons. The van der Waals surface area contributed by atoms with Gasteiger partial charge in [0, 0.05) is 11.6 Å². The number of rotatable bonds is 3. The number of hydrogen-bond donors (Lipinski definition) is 2. The molecule has 1 amide bonds. The quantitative estimate of drug-likeness (QED) is 0.894. The topological polar surface area (TPSA) is 89.3 Å². The summed E-state index contributed by atoms with van der Waals surface area (Å²) in [6.45, 7) is 0. The van der Waals surface area contributed by atoms with Gasteiger partial charge in [-0.1, -0.05) is 19.3 Å². The third kappa shape index (κ3) is 3.55. The number of anilines is 1. The predicted molar refractivity (Wildman–Crippen MR) is 73.0 cm³/mol. The number of halogens is 1. The standard InChI is InChI=1S/C13H17FN2O3S/c14-11-8-10(6-7-12(11)20(15,18)19)16-13(17)9-4-2-1-3-5-9/h6-9H,1-5H2,(H,16,17)(H2,15,18,19). The number of primary sulfonamides is 1. The van der Waals surface area contributed by atoms with Crippen LogP contribution in [0.3, 0.4) is 0 Å². The van der Waals surface area contributed by atoms with Crippen molar-refractivity contribution in [3.05, 3.63) is 24.0 Å². The average molecular weight is 300 g/mol. The molecular weight excluding hydrogens is 283 g/mol. The van der Waals surface area contributed by atoms with Gasteiger partial charge in [-0.05, 0) is 31.0 Å². The smallest absolute Gasteiger partial charge is 0.240 e. The first-order valence-electron chi connectivity index (χ1n) is 6.51. The highest BCUT2D eigenvalue weighted by atomic mass is 32.2. The molecule has 1 aromatic carbocycles. The Labute approximate surface area is 117 Å². The van der Waals surface area contributed by atoms with Crippen LogP contribution in [-0.2, 0) is 14.8 Å². The first-order valence-corrected chi connectivity index (χ1v) is 8.06. The predicted octanol–water partition coefficient (Wildman–Crippen LogP) is 1.99. The summed E-state index contributed by atoms with van der Waals surface area (Å²) in [6.07, 6.45) is 4.86. The van der Waals surface area contributed by atoms with Crippen LogP contribution in [0.1, 0.15) is 32.1 Å². The van der Waals surface area contributed by atoms with Crippen molar-refractivity contribution in [2.75, 3.05) is 5.32 Å². The maximum absolute atomic E-state index is 13.6. The van der Waals surface area contributed by atoms with E-state index in [1.54, 1.807) is 0 Å². The minimum absolute atomic E-state index is 0.0512. The Hall–Kier alpha value is -1.47. The molecule has 3 N–H and O–H groups in total. The number of amides is 1. The number of nitrogens with two attached hydrogens (primary N) is 1. The molecule has 7 heteroatoms. The van der Waals surface area contributed by atoms with Crippen LogP contribution in [0, 0.1) is 11.7 Å². The lowest BCUT2D eigenvalue weighted by molar-refractivity contribution is -0.120. The lowest BCUT2D eigenvalue weighted by Gasteiger charge is -2.20. The SMILES string of the molecule is NS(=O)(=O)c1ccc(NC(=O)C2CCCCC2)cc1F. The molecule has 1 saturated carbocycles. The summed E-state index contributed by atoms with van der Waals surface area (Å²) < 4.78 is 35.8. The maximum Gasteiger partial charge on any atom is 0.240 e. The second-order valence-corrected chi connectivity index (χ2v) is 6.54. The fraction of sp³-hybridized carbons (Fsp3) is 0.462. The van der Waals surface area contributed by atoms with Gasteiger partial charge in [0.25, 0.3) is 0 Å². The molecular formula is C13H17FN2O3S. The molecule has 2 rings (SSSR count). The Balaban J connectivity index is 2.10. The summed E-state index contributed by atoms with van der Waals surface area (Å²) in [5, 5.41) is 7.49. The van der Waals surface area contributed by atoms with Crippen molar-refractivity contribution >= 4 is 21.6 Å². The van der Waals surface area contributed by atoms with Crippen molar-refractivity contribution in [3.8, 4) is 0 Å². The Bertz CT molecular complexity index is 610. The summed E-state index contributed by atoms with van der Waals surface area (Å²) >= 11 is 0. The zero-order chi connectivity index (χ0) is 14.8. The van der Waals surface area contributed by atoms with Gasteiger partial charge in [-0.15, -0.1) is 0 Å². The number of hydrogen-bond acceptors (Lipinski definition) is 3. The van der Waals surface area contributed by atoms with E-state index in [9.17, 15) is 17.6 Å².